The van der Waals surface area contributed by atoms with Crippen LogP contribution >= 0.6 is 0 Å². The highest BCUT2D eigenvalue weighted by Crippen LogP contribution is 2.49. The summed E-state index contributed by atoms with van der Waals surface area (Å²) in [4.78, 5) is 27.2. The molecule has 0 bridgehead atoms. The van der Waals surface area contributed by atoms with Crippen LogP contribution in [0.3, 0.4) is 0 Å². The van der Waals surface area contributed by atoms with Gasteiger partial charge in [-0.25, -0.2) is 4.79 Å². The summed E-state index contributed by atoms with van der Waals surface area (Å²) in [6.45, 7) is 2.83. The number of hydrogen-bond donors (Lipinski definition) is 2. The number of likely N-dealkylation sites (tertiary alicyclic amines) is 1. The molecule has 6 heteroatoms. The molecule has 1 aliphatic heterocycles. The molecule has 1 aromatic carbocycles. The first kappa shape index (κ1) is 19.7. The number of ether oxygens (including phenoxy) is 1. The maximum atomic E-state index is 12.7. The van der Waals surface area contributed by atoms with E-state index in [2.05, 4.69) is 22.8 Å². The first-order chi connectivity index (χ1) is 13.1. The van der Waals surface area contributed by atoms with Crippen LogP contribution in [0.15, 0.2) is 30.3 Å². The molecule has 2 N–H and O–H groups in total. The third kappa shape index (κ3) is 4.80. The second-order valence-electron chi connectivity index (χ2n) is 7.75. The molecule has 1 saturated heterocycles. The minimum Gasteiger partial charge on any atom is -0.383 e. The van der Waals surface area contributed by atoms with Crippen molar-refractivity contribution in [3.63, 3.8) is 0 Å². The van der Waals surface area contributed by atoms with E-state index in [0.29, 0.717) is 32.8 Å². The lowest BCUT2D eigenvalue weighted by Crippen LogP contribution is -2.41. The number of nitrogens with one attached hydrogen (secondary N) is 2. The second-order valence-corrected chi connectivity index (χ2v) is 7.75. The summed E-state index contributed by atoms with van der Waals surface area (Å²) in [6, 6.07) is 10.1. The fourth-order valence-electron chi connectivity index (χ4n) is 4.54. The summed E-state index contributed by atoms with van der Waals surface area (Å²) in [5.41, 5.74) is 1.16. The van der Waals surface area contributed by atoms with Crippen molar-refractivity contribution in [2.45, 2.75) is 32.1 Å². The normalized spacial score (nSPS) is 20.8. The van der Waals surface area contributed by atoms with Crippen molar-refractivity contribution >= 4 is 11.9 Å². The zero-order chi connectivity index (χ0) is 19.1. The molecule has 1 spiro atoms. The Morgan fingerprint density at radius 2 is 1.89 bits per heavy atom. The number of rotatable bonds is 7. The number of carbonyl (C=O) groups is 2. The molecule has 1 heterocycles. The number of hydrogen-bond acceptors (Lipinski definition) is 3. The molecule has 1 aliphatic carbocycles. The van der Waals surface area contributed by atoms with Crippen molar-refractivity contribution in [1.29, 1.82) is 0 Å². The van der Waals surface area contributed by atoms with Crippen LogP contribution in [0.2, 0.25) is 0 Å². The van der Waals surface area contributed by atoms with Crippen LogP contribution in [-0.2, 0) is 16.0 Å². The minimum absolute atomic E-state index is 0.0477. The lowest BCUT2D eigenvalue weighted by Gasteiger charge is -2.28. The standard InChI is InChI=1S/C21H31N3O3/c1-27-14-13-22-19(25)18-15-24(16-21(18)10-5-6-11-21)20(26)23-12-9-17-7-3-2-4-8-17/h2-4,7-8,18H,5-6,9-16H2,1H3,(H,22,25)(H,23,26). The van der Waals surface area contributed by atoms with Crippen LogP contribution in [0.4, 0.5) is 4.79 Å². The van der Waals surface area contributed by atoms with Gasteiger partial charge < -0.3 is 20.3 Å². The summed E-state index contributed by atoms with van der Waals surface area (Å²) in [5.74, 6) is -0.0507. The largest absolute Gasteiger partial charge is 0.383 e. The highest BCUT2D eigenvalue weighted by atomic mass is 16.5. The second kappa shape index (κ2) is 9.22. The van der Waals surface area contributed by atoms with Gasteiger partial charge in [0.2, 0.25) is 5.91 Å². The first-order valence-corrected chi connectivity index (χ1v) is 9.98. The van der Waals surface area contributed by atoms with E-state index in [1.54, 1.807) is 7.11 Å². The van der Waals surface area contributed by atoms with E-state index in [0.717, 1.165) is 32.1 Å². The van der Waals surface area contributed by atoms with Crippen molar-refractivity contribution in [2.75, 3.05) is 39.9 Å². The fourth-order valence-corrected chi connectivity index (χ4v) is 4.54. The van der Waals surface area contributed by atoms with E-state index in [9.17, 15) is 9.59 Å². The SMILES string of the molecule is COCCNC(=O)C1CN(C(=O)NCCc2ccccc2)CC12CCCC2. The first-order valence-electron chi connectivity index (χ1n) is 9.98. The van der Waals surface area contributed by atoms with Gasteiger partial charge in [0.15, 0.2) is 0 Å². The van der Waals surface area contributed by atoms with Crippen LogP contribution < -0.4 is 10.6 Å². The van der Waals surface area contributed by atoms with E-state index >= 15 is 0 Å². The molecule has 6 nitrogen and oxygen atoms in total. The predicted molar refractivity (Wildman–Crippen MR) is 104 cm³/mol. The molecule has 1 atom stereocenters. The van der Waals surface area contributed by atoms with Gasteiger partial charge in [0.05, 0.1) is 12.5 Å². The highest BCUT2D eigenvalue weighted by molar-refractivity contribution is 5.82. The van der Waals surface area contributed by atoms with Crippen LogP contribution in [0.5, 0.6) is 0 Å². The van der Waals surface area contributed by atoms with Crippen LogP contribution in [0, 0.1) is 11.3 Å². The molecule has 1 aromatic rings. The smallest absolute Gasteiger partial charge is 0.317 e. The number of urea groups is 1. The molecule has 0 aromatic heterocycles. The van der Waals surface area contributed by atoms with E-state index in [4.69, 9.17) is 4.74 Å². The van der Waals surface area contributed by atoms with E-state index in [-0.39, 0.29) is 23.3 Å². The predicted octanol–water partition coefficient (Wildman–Crippen LogP) is 2.19. The fraction of sp³-hybridized carbons (Fsp3) is 0.619. The van der Waals surface area contributed by atoms with Gasteiger partial charge in [0, 0.05) is 38.7 Å². The number of benzene rings is 1. The third-order valence-corrected chi connectivity index (χ3v) is 5.99. The number of nitrogens with zero attached hydrogens (tertiary/aromatic N) is 1. The minimum atomic E-state index is -0.114. The van der Waals surface area contributed by atoms with E-state index in [1.807, 2.05) is 23.1 Å². The van der Waals surface area contributed by atoms with Crippen LogP contribution in [0.25, 0.3) is 0 Å². The number of methoxy groups -OCH3 is 1. The van der Waals surface area contributed by atoms with Crippen molar-refractivity contribution in [1.82, 2.24) is 15.5 Å². The lowest BCUT2D eigenvalue weighted by molar-refractivity contribution is -0.127. The van der Waals surface area contributed by atoms with E-state index in [1.165, 1.54) is 5.56 Å². The maximum Gasteiger partial charge on any atom is 0.317 e. The summed E-state index contributed by atoms with van der Waals surface area (Å²) < 4.78 is 5.02. The molecule has 2 fully saturated rings. The Bertz CT molecular complexity index is 629. The average Bonchev–Trinajstić information content (AvgIpc) is 3.30. The zero-order valence-corrected chi connectivity index (χ0v) is 16.2. The summed E-state index contributed by atoms with van der Waals surface area (Å²) in [7, 11) is 1.63. The monoisotopic (exact) mass is 373 g/mol. The van der Waals surface area contributed by atoms with Crippen molar-refractivity contribution in [2.24, 2.45) is 11.3 Å². The Balaban J connectivity index is 1.54. The Morgan fingerprint density at radius 3 is 2.59 bits per heavy atom. The Morgan fingerprint density at radius 1 is 1.15 bits per heavy atom. The average molecular weight is 373 g/mol. The highest BCUT2D eigenvalue weighted by Gasteiger charge is 2.52. The van der Waals surface area contributed by atoms with Gasteiger partial charge in [-0.15, -0.1) is 0 Å². The van der Waals surface area contributed by atoms with Crippen LogP contribution in [-0.4, -0.2) is 56.7 Å². The molecule has 1 unspecified atom stereocenters. The van der Waals surface area contributed by atoms with Gasteiger partial charge in [-0.05, 0) is 24.8 Å². The lowest BCUT2D eigenvalue weighted by atomic mass is 9.76. The Hall–Kier alpha value is -2.08. The molecular weight excluding hydrogens is 342 g/mol. The third-order valence-electron chi connectivity index (χ3n) is 5.99. The van der Waals surface area contributed by atoms with Crippen molar-refractivity contribution in [3.05, 3.63) is 35.9 Å². The Labute approximate surface area is 161 Å². The quantitative estimate of drug-likeness (QED) is 0.720. The summed E-state index contributed by atoms with van der Waals surface area (Å²) >= 11 is 0. The molecule has 1 saturated carbocycles. The topological polar surface area (TPSA) is 70.7 Å². The van der Waals surface area contributed by atoms with Gasteiger partial charge >= 0.3 is 6.03 Å². The zero-order valence-electron chi connectivity index (χ0n) is 16.2. The van der Waals surface area contributed by atoms with Crippen molar-refractivity contribution in [3.8, 4) is 0 Å². The maximum absolute atomic E-state index is 12.7. The van der Waals surface area contributed by atoms with Crippen LogP contribution in [0.1, 0.15) is 31.2 Å². The van der Waals surface area contributed by atoms with Crippen molar-refractivity contribution < 1.29 is 14.3 Å². The molecule has 2 aliphatic rings. The molecule has 3 amide bonds. The number of amides is 3. The van der Waals surface area contributed by atoms with Gasteiger partial charge in [-0.1, -0.05) is 43.2 Å². The van der Waals surface area contributed by atoms with Gasteiger partial charge in [-0.3, -0.25) is 4.79 Å². The van der Waals surface area contributed by atoms with E-state index < -0.39 is 0 Å². The summed E-state index contributed by atoms with van der Waals surface area (Å²) in [5, 5.41) is 6.01. The molecule has 0 radical (unpaired) electrons. The molecule has 148 valence electrons. The molecule has 27 heavy (non-hydrogen) atoms. The Kier molecular flexibility index (Phi) is 6.72. The number of carbonyl (C=O) groups excluding carboxylic acids is 2. The van der Waals surface area contributed by atoms with Gasteiger partial charge in [-0.2, -0.15) is 0 Å². The molecular formula is C21H31N3O3. The molecule has 3 rings (SSSR count). The van der Waals surface area contributed by atoms with Gasteiger partial charge in [0.1, 0.15) is 0 Å². The summed E-state index contributed by atoms with van der Waals surface area (Å²) in [6.07, 6.45) is 5.16. The van der Waals surface area contributed by atoms with Gasteiger partial charge in [0.25, 0.3) is 0 Å².